The number of halogens is 1. The highest BCUT2D eigenvalue weighted by Gasteiger charge is 2.26. The quantitative estimate of drug-likeness (QED) is 0.667. The third-order valence-electron chi connectivity index (χ3n) is 6.30. The number of likely N-dealkylation sites (tertiary alicyclic amines) is 1. The largest absolute Gasteiger partial charge is 0.355 e. The average molecular weight is 424 g/mol. The number of piperidine rings is 2. The molecule has 0 aliphatic carbocycles. The topological polar surface area (TPSA) is 65.1 Å². The summed E-state index contributed by atoms with van der Waals surface area (Å²) in [6, 6.07) is 9.94. The van der Waals surface area contributed by atoms with Crippen LogP contribution in [0, 0.1) is 0 Å². The number of aromatic amines is 1. The van der Waals surface area contributed by atoms with Gasteiger partial charge in [0, 0.05) is 38.3 Å². The minimum absolute atomic E-state index is 0.0410. The maximum Gasteiger partial charge on any atom is 0.255 e. The number of fused-ring (bicyclic) bond motifs is 1. The molecular formula is C23H26ClN5O. The molecule has 2 aliphatic heterocycles. The highest BCUT2D eigenvalue weighted by molar-refractivity contribution is 6.33. The van der Waals surface area contributed by atoms with Gasteiger partial charge < -0.3 is 14.8 Å². The van der Waals surface area contributed by atoms with Crippen LogP contribution in [0.5, 0.6) is 0 Å². The number of rotatable bonds is 3. The first-order valence-corrected chi connectivity index (χ1v) is 11.2. The number of carbonyl (C=O) groups excluding carboxylic acids is 1. The normalized spacial score (nSPS) is 18.2. The van der Waals surface area contributed by atoms with E-state index >= 15 is 0 Å². The first-order chi connectivity index (χ1) is 14.7. The van der Waals surface area contributed by atoms with Gasteiger partial charge in [0.1, 0.15) is 11.6 Å². The Morgan fingerprint density at radius 2 is 1.83 bits per heavy atom. The van der Waals surface area contributed by atoms with Gasteiger partial charge in [-0.25, -0.2) is 9.97 Å². The summed E-state index contributed by atoms with van der Waals surface area (Å²) in [5.74, 6) is 2.29. The molecule has 4 heterocycles. The summed E-state index contributed by atoms with van der Waals surface area (Å²) in [4.78, 5) is 29.7. The van der Waals surface area contributed by atoms with Gasteiger partial charge in [0.2, 0.25) is 0 Å². The lowest BCUT2D eigenvalue weighted by atomic mass is 9.96. The smallest absolute Gasteiger partial charge is 0.255 e. The molecule has 1 aromatic carbocycles. The third kappa shape index (κ3) is 3.76. The monoisotopic (exact) mass is 423 g/mol. The van der Waals surface area contributed by atoms with Crippen LogP contribution in [0.3, 0.4) is 0 Å². The first-order valence-electron chi connectivity index (χ1n) is 10.8. The second-order valence-electron chi connectivity index (χ2n) is 8.28. The number of para-hydroxylation sites is 2. The highest BCUT2D eigenvalue weighted by Crippen LogP contribution is 2.32. The van der Waals surface area contributed by atoms with Crippen LogP contribution in [0.2, 0.25) is 5.02 Å². The van der Waals surface area contributed by atoms with E-state index in [1.54, 1.807) is 12.3 Å². The molecule has 2 aromatic heterocycles. The predicted molar refractivity (Wildman–Crippen MR) is 119 cm³/mol. The molecule has 1 N–H and O–H groups in total. The molecule has 2 saturated heterocycles. The van der Waals surface area contributed by atoms with Crippen molar-refractivity contribution in [2.45, 2.75) is 38.0 Å². The fraction of sp³-hybridized carbons (Fsp3) is 0.435. The number of carbonyl (C=O) groups is 1. The van der Waals surface area contributed by atoms with Gasteiger partial charge in [0.15, 0.2) is 0 Å². The zero-order chi connectivity index (χ0) is 20.5. The molecule has 2 aliphatic rings. The minimum atomic E-state index is 0.0410. The number of nitrogens with one attached hydrogen (secondary N) is 1. The van der Waals surface area contributed by atoms with Crippen LogP contribution in [-0.4, -0.2) is 51.9 Å². The summed E-state index contributed by atoms with van der Waals surface area (Å²) >= 11 is 6.56. The zero-order valence-electron chi connectivity index (χ0n) is 17.0. The van der Waals surface area contributed by atoms with E-state index in [0.717, 1.165) is 74.5 Å². The number of amides is 1. The molecule has 3 aromatic rings. The molecule has 2 fully saturated rings. The maximum atomic E-state index is 12.7. The van der Waals surface area contributed by atoms with Crippen molar-refractivity contribution < 1.29 is 4.79 Å². The van der Waals surface area contributed by atoms with Crippen molar-refractivity contribution in [1.82, 2.24) is 19.9 Å². The Balaban J connectivity index is 1.26. The number of aromatic nitrogens is 3. The summed E-state index contributed by atoms with van der Waals surface area (Å²) in [6.07, 6.45) is 7.02. The van der Waals surface area contributed by atoms with E-state index in [1.165, 1.54) is 6.42 Å². The highest BCUT2D eigenvalue weighted by atomic mass is 35.5. The predicted octanol–water partition coefficient (Wildman–Crippen LogP) is 4.62. The minimum Gasteiger partial charge on any atom is -0.355 e. The van der Waals surface area contributed by atoms with E-state index in [2.05, 4.69) is 20.9 Å². The van der Waals surface area contributed by atoms with Crippen LogP contribution in [0.1, 0.15) is 54.2 Å². The van der Waals surface area contributed by atoms with E-state index in [4.69, 9.17) is 16.6 Å². The van der Waals surface area contributed by atoms with E-state index < -0.39 is 0 Å². The van der Waals surface area contributed by atoms with Gasteiger partial charge >= 0.3 is 0 Å². The van der Waals surface area contributed by atoms with Crippen LogP contribution in [-0.2, 0) is 0 Å². The van der Waals surface area contributed by atoms with E-state index in [-0.39, 0.29) is 5.91 Å². The molecule has 7 heteroatoms. The summed E-state index contributed by atoms with van der Waals surface area (Å²) in [5.41, 5.74) is 2.70. The number of imidazole rings is 1. The van der Waals surface area contributed by atoms with Crippen LogP contribution in [0.25, 0.3) is 11.0 Å². The fourth-order valence-electron chi connectivity index (χ4n) is 4.59. The Morgan fingerprint density at radius 1 is 1.07 bits per heavy atom. The SMILES string of the molecule is O=C(c1cnc(N2CCC(c3nc4ccccc4[nH]3)CC2)c(Cl)c1)N1CCCCC1. The summed E-state index contributed by atoms with van der Waals surface area (Å²) in [7, 11) is 0. The number of benzene rings is 1. The molecule has 0 spiro atoms. The van der Waals surface area contributed by atoms with Gasteiger partial charge in [0.05, 0.1) is 21.6 Å². The van der Waals surface area contributed by atoms with Gasteiger partial charge in [-0.2, -0.15) is 0 Å². The molecule has 0 saturated carbocycles. The Hall–Kier alpha value is -2.60. The molecule has 156 valence electrons. The van der Waals surface area contributed by atoms with Crippen molar-refractivity contribution >= 4 is 34.4 Å². The standard InChI is InChI=1S/C23H26ClN5O/c24-18-14-17(23(30)29-10-4-1-5-11-29)15-25-22(18)28-12-8-16(9-13-28)21-26-19-6-2-3-7-20(19)27-21/h2-3,6-7,14-16H,1,4-5,8-13H2,(H,26,27). The van der Waals surface area contributed by atoms with Crippen molar-refractivity contribution in [2.75, 3.05) is 31.1 Å². The van der Waals surface area contributed by atoms with Gasteiger partial charge in [-0.05, 0) is 50.3 Å². The maximum absolute atomic E-state index is 12.7. The summed E-state index contributed by atoms with van der Waals surface area (Å²) in [6.45, 7) is 3.39. The second kappa shape index (κ2) is 8.26. The molecule has 5 rings (SSSR count). The molecular weight excluding hydrogens is 398 g/mol. The molecule has 0 radical (unpaired) electrons. The van der Waals surface area contributed by atoms with Crippen molar-refractivity contribution in [1.29, 1.82) is 0 Å². The lowest BCUT2D eigenvalue weighted by molar-refractivity contribution is 0.0724. The Labute approximate surface area is 181 Å². The Kier molecular flexibility index (Phi) is 5.34. The molecule has 0 unspecified atom stereocenters. The third-order valence-corrected chi connectivity index (χ3v) is 6.58. The summed E-state index contributed by atoms with van der Waals surface area (Å²) in [5, 5.41) is 0.556. The van der Waals surface area contributed by atoms with Crippen molar-refractivity contribution in [3.8, 4) is 0 Å². The number of H-pyrrole nitrogens is 1. The van der Waals surface area contributed by atoms with Gasteiger partial charge in [-0.3, -0.25) is 4.79 Å². The van der Waals surface area contributed by atoms with Crippen LogP contribution >= 0.6 is 11.6 Å². The molecule has 0 atom stereocenters. The molecule has 6 nitrogen and oxygen atoms in total. The Bertz CT molecular complexity index is 1020. The van der Waals surface area contributed by atoms with Crippen LogP contribution in [0.4, 0.5) is 5.82 Å². The molecule has 0 bridgehead atoms. The Morgan fingerprint density at radius 3 is 2.57 bits per heavy atom. The van der Waals surface area contributed by atoms with Gasteiger partial charge in [0.25, 0.3) is 5.91 Å². The van der Waals surface area contributed by atoms with E-state index in [1.807, 2.05) is 23.1 Å². The summed E-state index contributed by atoms with van der Waals surface area (Å²) < 4.78 is 0. The number of hydrogen-bond donors (Lipinski definition) is 1. The number of pyridine rings is 1. The van der Waals surface area contributed by atoms with Crippen LogP contribution in [0.15, 0.2) is 36.5 Å². The van der Waals surface area contributed by atoms with Gasteiger partial charge in [-0.15, -0.1) is 0 Å². The lowest BCUT2D eigenvalue weighted by Crippen LogP contribution is -2.36. The van der Waals surface area contributed by atoms with Crippen molar-refractivity contribution in [2.24, 2.45) is 0 Å². The lowest BCUT2D eigenvalue weighted by Gasteiger charge is -2.32. The number of hydrogen-bond acceptors (Lipinski definition) is 4. The average Bonchev–Trinajstić information content (AvgIpc) is 3.24. The number of nitrogens with zero attached hydrogens (tertiary/aromatic N) is 4. The van der Waals surface area contributed by atoms with E-state index in [0.29, 0.717) is 16.5 Å². The second-order valence-corrected chi connectivity index (χ2v) is 8.69. The van der Waals surface area contributed by atoms with E-state index in [9.17, 15) is 4.79 Å². The fourth-order valence-corrected chi connectivity index (χ4v) is 4.88. The van der Waals surface area contributed by atoms with Crippen molar-refractivity contribution in [3.63, 3.8) is 0 Å². The molecule has 1 amide bonds. The number of anilines is 1. The van der Waals surface area contributed by atoms with Crippen LogP contribution < -0.4 is 4.90 Å². The van der Waals surface area contributed by atoms with Gasteiger partial charge in [-0.1, -0.05) is 23.7 Å². The zero-order valence-corrected chi connectivity index (χ0v) is 17.7. The molecule has 30 heavy (non-hydrogen) atoms. The van der Waals surface area contributed by atoms with Crippen molar-refractivity contribution in [3.05, 3.63) is 52.9 Å². The first kappa shape index (κ1) is 19.4.